The van der Waals surface area contributed by atoms with Crippen LogP contribution in [0, 0.1) is 0 Å². The zero-order chi connectivity index (χ0) is 33.3. The Kier molecular flexibility index (Phi) is 26.8. The molecule has 0 aliphatic heterocycles. The Bertz CT molecular complexity index is 948. The molecule has 0 bridgehead atoms. The van der Waals surface area contributed by atoms with Gasteiger partial charge in [-0.15, -0.1) is 0 Å². The average molecular weight is 664 g/mol. The number of hydrogen-bond acceptors (Lipinski definition) is 10. The van der Waals surface area contributed by atoms with Crippen molar-refractivity contribution >= 4 is 5.69 Å². The number of unbranched alkanes of at least 4 members (excludes halogenated alkanes) is 6. The van der Waals surface area contributed by atoms with Crippen LogP contribution in [0.15, 0.2) is 48.5 Å². The highest BCUT2D eigenvalue weighted by molar-refractivity contribution is 5.51. The smallest absolute Gasteiger partial charge is 0.142 e. The molecule has 2 aromatic carbocycles. The first-order chi connectivity index (χ1) is 23.3. The molecule has 0 aliphatic rings. The van der Waals surface area contributed by atoms with Crippen molar-refractivity contribution in [3.05, 3.63) is 54.1 Å². The Morgan fingerprint density at radius 2 is 0.830 bits per heavy atom. The molecule has 0 unspecified atom stereocenters. The molecule has 2 rings (SSSR count). The molecular weight excluding hydrogens is 602 g/mol. The van der Waals surface area contributed by atoms with Gasteiger partial charge >= 0.3 is 0 Å². The van der Waals surface area contributed by atoms with Gasteiger partial charge in [0.25, 0.3) is 0 Å². The maximum atomic E-state index is 5.83. The van der Waals surface area contributed by atoms with E-state index in [1.165, 1.54) is 50.5 Å². The van der Waals surface area contributed by atoms with E-state index in [-0.39, 0.29) is 0 Å². The summed E-state index contributed by atoms with van der Waals surface area (Å²) in [6.45, 7) is 10.4. The van der Waals surface area contributed by atoms with Crippen molar-refractivity contribution in [1.29, 1.82) is 0 Å². The fourth-order valence-electron chi connectivity index (χ4n) is 4.50. The molecule has 0 aromatic heterocycles. The molecule has 0 heterocycles. The van der Waals surface area contributed by atoms with Crippen molar-refractivity contribution in [3.8, 4) is 11.5 Å². The predicted molar refractivity (Wildman–Crippen MR) is 186 cm³/mol. The zero-order valence-electron chi connectivity index (χ0n) is 28.8. The van der Waals surface area contributed by atoms with E-state index in [2.05, 4.69) is 31.2 Å². The topological polar surface area (TPSA) is 109 Å². The van der Waals surface area contributed by atoms with Crippen molar-refractivity contribution in [2.24, 2.45) is 0 Å². The molecule has 10 nitrogen and oxygen atoms in total. The number of hydrogen-bond donors (Lipinski definition) is 1. The summed E-state index contributed by atoms with van der Waals surface area (Å²) < 4.78 is 50.0. The maximum absolute atomic E-state index is 5.83. The van der Waals surface area contributed by atoms with Gasteiger partial charge in [0.15, 0.2) is 0 Å². The Morgan fingerprint density at radius 3 is 1.30 bits per heavy atom. The molecule has 0 saturated carbocycles. The molecule has 0 atom stereocenters. The van der Waals surface area contributed by atoms with E-state index < -0.39 is 0 Å². The Hall–Kier alpha value is -2.44. The number of benzene rings is 2. The third kappa shape index (κ3) is 24.4. The summed E-state index contributed by atoms with van der Waals surface area (Å²) in [4.78, 5) is 0. The molecule has 0 radical (unpaired) electrons. The number of nitrogen functional groups attached to an aromatic ring is 1. The number of rotatable bonds is 34. The van der Waals surface area contributed by atoms with Crippen LogP contribution in [-0.4, -0.2) is 106 Å². The minimum atomic E-state index is 0.443. The van der Waals surface area contributed by atoms with E-state index in [0.717, 1.165) is 12.2 Å². The average Bonchev–Trinajstić information content (AvgIpc) is 3.09. The van der Waals surface area contributed by atoms with Crippen molar-refractivity contribution < 1.29 is 42.6 Å². The van der Waals surface area contributed by atoms with Crippen LogP contribution in [-0.2, 0) is 39.6 Å². The molecule has 0 spiro atoms. The quantitative estimate of drug-likeness (QED) is 0.0693. The fraction of sp³-hybridized carbons (Fsp3) is 0.676. The van der Waals surface area contributed by atoms with Gasteiger partial charge in [0.1, 0.15) is 24.7 Å². The van der Waals surface area contributed by atoms with Crippen molar-refractivity contribution in [1.82, 2.24) is 0 Å². The molecule has 47 heavy (non-hydrogen) atoms. The van der Waals surface area contributed by atoms with Gasteiger partial charge in [-0.3, -0.25) is 0 Å². The van der Waals surface area contributed by atoms with Crippen LogP contribution in [0.25, 0.3) is 0 Å². The van der Waals surface area contributed by atoms with Crippen LogP contribution in [0.4, 0.5) is 5.69 Å². The van der Waals surface area contributed by atoms with E-state index >= 15 is 0 Å². The van der Waals surface area contributed by atoms with Gasteiger partial charge in [0.05, 0.1) is 98.2 Å². The Balaban J connectivity index is 1.21. The second-order valence-electron chi connectivity index (χ2n) is 11.0. The van der Waals surface area contributed by atoms with Gasteiger partial charge in [-0.1, -0.05) is 69.7 Å². The van der Waals surface area contributed by atoms with Gasteiger partial charge in [-0.2, -0.15) is 0 Å². The first kappa shape index (κ1) is 40.7. The summed E-state index contributed by atoms with van der Waals surface area (Å²) in [5, 5.41) is 0. The summed E-state index contributed by atoms with van der Waals surface area (Å²) in [5.74, 6) is 1.56. The van der Waals surface area contributed by atoms with Crippen molar-refractivity contribution in [2.45, 2.75) is 58.3 Å². The molecule has 10 heteroatoms. The molecular formula is C37H61NO9. The second-order valence-corrected chi connectivity index (χ2v) is 11.0. The summed E-state index contributed by atoms with van der Waals surface area (Å²) in [6.07, 6.45) is 10.5. The van der Waals surface area contributed by atoms with E-state index in [1.807, 2.05) is 18.2 Å². The SMILES string of the molecule is CCCCCCCCCc1ccc(OCCOCCOCCOCCOCCOCCOCCOCCOc2ccccc2N)cc1. The monoisotopic (exact) mass is 663 g/mol. The Morgan fingerprint density at radius 1 is 0.426 bits per heavy atom. The van der Waals surface area contributed by atoms with E-state index in [9.17, 15) is 0 Å². The molecule has 0 aliphatic carbocycles. The predicted octanol–water partition coefficient (Wildman–Crippen LogP) is 6.14. The summed E-state index contributed by atoms with van der Waals surface area (Å²) >= 11 is 0. The third-order valence-corrected chi connectivity index (χ3v) is 7.13. The minimum Gasteiger partial charge on any atom is -0.491 e. The lowest BCUT2D eigenvalue weighted by molar-refractivity contribution is -0.0218. The number of anilines is 1. The van der Waals surface area contributed by atoms with E-state index in [1.54, 1.807) is 6.07 Å². The molecule has 2 aromatic rings. The standard InChI is InChI=1S/C37H61NO9/c1-2-3-4-5-6-7-8-11-34-14-16-35(17-15-34)46-32-30-44-28-26-42-24-22-40-20-18-39-19-21-41-23-25-43-27-29-45-31-33-47-37-13-10-9-12-36(37)38/h9-10,12-17H,2-8,11,18-33,38H2,1H3. The number of para-hydroxylation sites is 2. The zero-order valence-corrected chi connectivity index (χ0v) is 28.8. The van der Waals surface area contributed by atoms with Crippen LogP contribution in [0.3, 0.4) is 0 Å². The van der Waals surface area contributed by atoms with Gasteiger partial charge < -0.3 is 48.4 Å². The van der Waals surface area contributed by atoms with Crippen LogP contribution >= 0.6 is 0 Å². The normalized spacial score (nSPS) is 11.3. The highest BCUT2D eigenvalue weighted by atomic mass is 16.6. The summed E-state index contributed by atoms with van der Waals surface area (Å²) in [5.41, 5.74) is 7.83. The molecule has 0 saturated heterocycles. The highest BCUT2D eigenvalue weighted by Gasteiger charge is 2.00. The van der Waals surface area contributed by atoms with Crippen LogP contribution in [0.2, 0.25) is 0 Å². The molecule has 2 N–H and O–H groups in total. The number of nitrogens with two attached hydrogens (primary N) is 1. The van der Waals surface area contributed by atoms with Crippen molar-refractivity contribution in [3.63, 3.8) is 0 Å². The third-order valence-electron chi connectivity index (χ3n) is 7.13. The molecule has 268 valence electrons. The van der Waals surface area contributed by atoms with Crippen LogP contribution in [0.5, 0.6) is 11.5 Å². The van der Waals surface area contributed by atoms with E-state index in [0.29, 0.717) is 117 Å². The summed E-state index contributed by atoms with van der Waals surface area (Å²) in [6, 6.07) is 15.9. The second kappa shape index (κ2) is 30.9. The Labute approximate surface area is 283 Å². The van der Waals surface area contributed by atoms with Gasteiger partial charge in [-0.05, 0) is 42.7 Å². The first-order valence-electron chi connectivity index (χ1n) is 17.5. The first-order valence-corrected chi connectivity index (χ1v) is 17.5. The lowest BCUT2D eigenvalue weighted by Gasteiger charge is -2.10. The van der Waals surface area contributed by atoms with Gasteiger partial charge in [0, 0.05) is 0 Å². The highest BCUT2D eigenvalue weighted by Crippen LogP contribution is 2.19. The van der Waals surface area contributed by atoms with Crippen LogP contribution < -0.4 is 15.2 Å². The fourth-order valence-corrected chi connectivity index (χ4v) is 4.50. The summed E-state index contributed by atoms with van der Waals surface area (Å²) in [7, 11) is 0. The molecule has 0 fully saturated rings. The van der Waals surface area contributed by atoms with E-state index in [4.69, 9.17) is 48.4 Å². The lowest BCUT2D eigenvalue weighted by Crippen LogP contribution is -2.15. The minimum absolute atomic E-state index is 0.443. The molecule has 0 amide bonds. The lowest BCUT2D eigenvalue weighted by atomic mass is 10.0. The van der Waals surface area contributed by atoms with Gasteiger partial charge in [0.2, 0.25) is 0 Å². The number of aryl methyl sites for hydroxylation is 1. The van der Waals surface area contributed by atoms with Crippen LogP contribution in [0.1, 0.15) is 57.4 Å². The maximum Gasteiger partial charge on any atom is 0.142 e. The van der Waals surface area contributed by atoms with Gasteiger partial charge in [-0.25, -0.2) is 0 Å². The van der Waals surface area contributed by atoms with Crippen molar-refractivity contribution in [2.75, 3.05) is 111 Å². The number of ether oxygens (including phenoxy) is 9. The largest absolute Gasteiger partial charge is 0.491 e.